The lowest BCUT2D eigenvalue weighted by Crippen LogP contribution is -1.95. The van der Waals surface area contributed by atoms with Gasteiger partial charge in [0.2, 0.25) is 5.88 Å². The van der Waals surface area contributed by atoms with Crippen LogP contribution in [0.4, 0.5) is 0 Å². The average molecular weight is 251 g/mol. The molecule has 5 heteroatoms. The summed E-state index contributed by atoms with van der Waals surface area (Å²) in [6.45, 7) is 1.78. The van der Waals surface area contributed by atoms with Crippen molar-refractivity contribution in [2.24, 2.45) is 0 Å². The molecule has 4 nitrogen and oxygen atoms in total. The predicted molar refractivity (Wildman–Crippen MR) is 64.2 cm³/mol. The molecule has 0 saturated carbocycles. The number of benzene rings is 1. The molecular weight excluding hydrogens is 240 g/mol. The standard InChI is InChI=1S/C12H11ClN2O2/c1-8-2-3-9(13)6-11(8)17-12-5-4-10(7-16)14-15-12/h2-6,16H,7H2,1H3. The van der Waals surface area contributed by atoms with Gasteiger partial charge in [-0.1, -0.05) is 17.7 Å². The van der Waals surface area contributed by atoms with Crippen LogP contribution in [0.1, 0.15) is 11.3 Å². The highest BCUT2D eigenvalue weighted by atomic mass is 35.5. The summed E-state index contributed by atoms with van der Waals surface area (Å²) in [4.78, 5) is 0. The molecule has 0 aliphatic carbocycles. The number of rotatable bonds is 3. The minimum absolute atomic E-state index is 0.135. The van der Waals surface area contributed by atoms with E-state index in [0.29, 0.717) is 22.3 Å². The molecular formula is C12H11ClN2O2. The molecule has 0 unspecified atom stereocenters. The lowest BCUT2D eigenvalue weighted by Gasteiger charge is -2.07. The second kappa shape index (κ2) is 5.12. The zero-order chi connectivity index (χ0) is 12.3. The molecule has 1 heterocycles. The number of ether oxygens (including phenoxy) is 1. The molecule has 0 fully saturated rings. The van der Waals surface area contributed by atoms with Crippen molar-refractivity contribution in [3.05, 3.63) is 46.6 Å². The van der Waals surface area contributed by atoms with Crippen LogP contribution in [0.2, 0.25) is 5.02 Å². The molecule has 0 atom stereocenters. The minimum Gasteiger partial charge on any atom is -0.437 e. The quantitative estimate of drug-likeness (QED) is 0.910. The van der Waals surface area contributed by atoms with Crippen molar-refractivity contribution in [3.8, 4) is 11.6 Å². The topological polar surface area (TPSA) is 55.2 Å². The Balaban J connectivity index is 2.22. The molecule has 0 radical (unpaired) electrons. The first-order valence-corrected chi connectivity index (χ1v) is 5.44. The van der Waals surface area contributed by atoms with Gasteiger partial charge in [0, 0.05) is 11.1 Å². The summed E-state index contributed by atoms with van der Waals surface area (Å²) in [5.41, 5.74) is 1.46. The van der Waals surface area contributed by atoms with Crippen molar-refractivity contribution >= 4 is 11.6 Å². The smallest absolute Gasteiger partial charge is 0.238 e. The van der Waals surface area contributed by atoms with Crippen molar-refractivity contribution in [2.75, 3.05) is 0 Å². The first-order valence-electron chi connectivity index (χ1n) is 5.06. The van der Waals surface area contributed by atoms with Crippen LogP contribution in [0.15, 0.2) is 30.3 Å². The number of halogens is 1. The van der Waals surface area contributed by atoms with E-state index in [1.54, 1.807) is 24.3 Å². The number of aliphatic hydroxyl groups is 1. The van der Waals surface area contributed by atoms with Crippen molar-refractivity contribution in [1.82, 2.24) is 10.2 Å². The molecule has 0 aliphatic rings. The van der Waals surface area contributed by atoms with Crippen LogP contribution in [0.5, 0.6) is 11.6 Å². The molecule has 1 aromatic heterocycles. The van der Waals surface area contributed by atoms with Crippen molar-refractivity contribution < 1.29 is 9.84 Å². The zero-order valence-corrected chi connectivity index (χ0v) is 9.98. The molecule has 0 amide bonds. The normalized spacial score (nSPS) is 10.3. The molecule has 0 saturated heterocycles. The summed E-state index contributed by atoms with van der Waals surface area (Å²) < 4.78 is 5.55. The van der Waals surface area contributed by atoms with Crippen molar-refractivity contribution in [2.45, 2.75) is 13.5 Å². The third-order valence-electron chi connectivity index (χ3n) is 2.22. The molecule has 0 aliphatic heterocycles. The van der Waals surface area contributed by atoms with Crippen LogP contribution in [0.3, 0.4) is 0 Å². The number of aromatic nitrogens is 2. The largest absolute Gasteiger partial charge is 0.437 e. The Morgan fingerprint density at radius 2 is 2.06 bits per heavy atom. The Morgan fingerprint density at radius 1 is 1.24 bits per heavy atom. The van der Waals surface area contributed by atoms with E-state index in [4.69, 9.17) is 21.4 Å². The van der Waals surface area contributed by atoms with E-state index in [-0.39, 0.29) is 6.61 Å². The predicted octanol–water partition coefficient (Wildman–Crippen LogP) is 2.72. The maximum Gasteiger partial charge on any atom is 0.238 e. The summed E-state index contributed by atoms with van der Waals surface area (Å²) in [6, 6.07) is 8.69. The first kappa shape index (κ1) is 11.8. The monoisotopic (exact) mass is 250 g/mol. The number of nitrogens with zero attached hydrogens (tertiary/aromatic N) is 2. The summed E-state index contributed by atoms with van der Waals surface area (Å²) in [7, 11) is 0. The number of aryl methyl sites for hydroxylation is 1. The lowest BCUT2D eigenvalue weighted by atomic mass is 10.2. The Hall–Kier alpha value is -1.65. The average Bonchev–Trinajstić information content (AvgIpc) is 2.35. The van der Waals surface area contributed by atoms with Gasteiger partial charge in [0.25, 0.3) is 0 Å². The summed E-state index contributed by atoms with van der Waals surface area (Å²) in [5, 5.41) is 17.1. The third kappa shape index (κ3) is 2.93. The summed E-state index contributed by atoms with van der Waals surface area (Å²) >= 11 is 5.88. The van der Waals surface area contributed by atoms with Crippen LogP contribution < -0.4 is 4.74 Å². The van der Waals surface area contributed by atoms with E-state index in [9.17, 15) is 0 Å². The van der Waals surface area contributed by atoms with E-state index >= 15 is 0 Å². The molecule has 1 N–H and O–H groups in total. The van der Waals surface area contributed by atoms with E-state index in [2.05, 4.69) is 10.2 Å². The number of hydrogen-bond donors (Lipinski definition) is 1. The van der Waals surface area contributed by atoms with Crippen LogP contribution in [-0.2, 0) is 6.61 Å². The summed E-state index contributed by atoms with van der Waals surface area (Å²) in [6.07, 6.45) is 0. The molecule has 0 spiro atoms. The first-order chi connectivity index (χ1) is 8.19. The summed E-state index contributed by atoms with van der Waals surface area (Å²) in [5.74, 6) is 1.01. The van der Waals surface area contributed by atoms with Gasteiger partial charge < -0.3 is 9.84 Å². The molecule has 1 aromatic carbocycles. The molecule has 2 aromatic rings. The Labute approximate surface area is 104 Å². The van der Waals surface area contributed by atoms with E-state index in [1.807, 2.05) is 13.0 Å². The zero-order valence-electron chi connectivity index (χ0n) is 9.22. The van der Waals surface area contributed by atoms with Gasteiger partial charge in [0.1, 0.15) is 5.75 Å². The Morgan fingerprint density at radius 3 is 2.71 bits per heavy atom. The van der Waals surface area contributed by atoms with Gasteiger partial charge >= 0.3 is 0 Å². The van der Waals surface area contributed by atoms with Gasteiger partial charge in [0.05, 0.1) is 12.3 Å². The number of hydrogen-bond acceptors (Lipinski definition) is 4. The van der Waals surface area contributed by atoms with Gasteiger partial charge in [-0.15, -0.1) is 10.2 Å². The lowest BCUT2D eigenvalue weighted by molar-refractivity contribution is 0.274. The van der Waals surface area contributed by atoms with Gasteiger partial charge in [-0.05, 0) is 30.7 Å². The maximum absolute atomic E-state index is 8.84. The molecule has 88 valence electrons. The van der Waals surface area contributed by atoms with E-state index < -0.39 is 0 Å². The minimum atomic E-state index is -0.135. The molecule has 0 bridgehead atoms. The highest BCUT2D eigenvalue weighted by Gasteiger charge is 2.04. The van der Waals surface area contributed by atoms with E-state index in [1.165, 1.54) is 0 Å². The van der Waals surface area contributed by atoms with Crippen LogP contribution in [0, 0.1) is 6.92 Å². The fourth-order valence-corrected chi connectivity index (χ4v) is 1.45. The highest BCUT2D eigenvalue weighted by molar-refractivity contribution is 6.30. The van der Waals surface area contributed by atoms with Gasteiger partial charge in [-0.25, -0.2) is 0 Å². The fourth-order valence-electron chi connectivity index (χ4n) is 1.28. The van der Waals surface area contributed by atoms with Crippen LogP contribution in [0.25, 0.3) is 0 Å². The fraction of sp³-hybridized carbons (Fsp3) is 0.167. The second-order valence-corrected chi connectivity index (χ2v) is 3.97. The number of aliphatic hydroxyl groups excluding tert-OH is 1. The Bertz CT molecular complexity index is 514. The third-order valence-corrected chi connectivity index (χ3v) is 2.46. The second-order valence-electron chi connectivity index (χ2n) is 3.53. The van der Waals surface area contributed by atoms with Crippen molar-refractivity contribution in [1.29, 1.82) is 0 Å². The highest BCUT2D eigenvalue weighted by Crippen LogP contribution is 2.26. The van der Waals surface area contributed by atoms with E-state index in [0.717, 1.165) is 5.56 Å². The van der Waals surface area contributed by atoms with Crippen molar-refractivity contribution in [3.63, 3.8) is 0 Å². The molecule has 2 rings (SSSR count). The maximum atomic E-state index is 8.84. The van der Waals surface area contributed by atoms with Gasteiger partial charge in [0.15, 0.2) is 0 Å². The SMILES string of the molecule is Cc1ccc(Cl)cc1Oc1ccc(CO)nn1. The Kier molecular flexibility index (Phi) is 3.56. The van der Waals surface area contributed by atoms with Crippen LogP contribution >= 0.6 is 11.6 Å². The van der Waals surface area contributed by atoms with Crippen LogP contribution in [-0.4, -0.2) is 15.3 Å². The molecule has 17 heavy (non-hydrogen) atoms. The van der Waals surface area contributed by atoms with Gasteiger partial charge in [-0.3, -0.25) is 0 Å². The van der Waals surface area contributed by atoms with Gasteiger partial charge in [-0.2, -0.15) is 0 Å².